The van der Waals surface area contributed by atoms with Gasteiger partial charge in [0.05, 0.1) is 7.11 Å². The van der Waals surface area contributed by atoms with Crippen LogP contribution in [0.4, 0.5) is 5.69 Å². The summed E-state index contributed by atoms with van der Waals surface area (Å²) < 4.78 is 5.22. The van der Waals surface area contributed by atoms with E-state index in [0.717, 1.165) is 5.56 Å². The Balaban J connectivity index is 1.83. The fraction of sp³-hybridized carbons (Fsp3) is 0.120. The Morgan fingerprint density at radius 1 is 1.00 bits per heavy atom. The first-order valence-electron chi connectivity index (χ1n) is 9.32. The lowest BCUT2D eigenvalue weighted by atomic mass is 9.71. The number of β-lactam (4-membered cyclic amide) rings is 1. The summed E-state index contributed by atoms with van der Waals surface area (Å²) in [5.74, 6) is 0.288. The molecule has 0 bridgehead atoms. The summed E-state index contributed by atoms with van der Waals surface area (Å²) in [6.07, 6.45) is 0. The molecule has 1 aliphatic heterocycles. The van der Waals surface area contributed by atoms with E-state index in [1.165, 1.54) is 0 Å². The van der Waals surface area contributed by atoms with Gasteiger partial charge in [0, 0.05) is 11.3 Å². The number of amides is 1. The van der Waals surface area contributed by atoms with Crippen molar-refractivity contribution in [2.45, 2.75) is 11.6 Å². The van der Waals surface area contributed by atoms with E-state index >= 15 is 0 Å². The molecule has 2 atom stereocenters. The molecular formula is C25H21NO3. The molecule has 0 aromatic heterocycles. The minimum Gasteiger partial charge on any atom is -0.497 e. The summed E-state index contributed by atoms with van der Waals surface area (Å²) in [7, 11) is 1.59. The number of ether oxygens (including phenoxy) is 1. The van der Waals surface area contributed by atoms with Crippen LogP contribution in [0.5, 0.6) is 5.75 Å². The normalized spacial score (nSPS) is 20.6. The molecule has 3 aromatic carbocycles. The second-order valence-corrected chi connectivity index (χ2v) is 6.87. The molecule has 1 saturated heterocycles. The molecule has 0 saturated carbocycles. The van der Waals surface area contributed by atoms with Crippen LogP contribution in [-0.4, -0.2) is 23.7 Å². The first-order valence-corrected chi connectivity index (χ1v) is 9.32. The number of benzene rings is 3. The van der Waals surface area contributed by atoms with Gasteiger partial charge in [0.1, 0.15) is 11.8 Å². The number of rotatable bonds is 5. The smallest absolute Gasteiger partial charge is 0.267 e. The average Bonchev–Trinajstić information content (AvgIpc) is 2.78. The van der Waals surface area contributed by atoms with Crippen molar-refractivity contribution in [2.24, 2.45) is 0 Å². The molecule has 1 aliphatic rings. The number of carbonyl (C=O) groups excluding carboxylic acids is 1. The van der Waals surface area contributed by atoms with Crippen molar-refractivity contribution < 1.29 is 14.6 Å². The quantitative estimate of drug-likeness (QED) is 0.525. The summed E-state index contributed by atoms with van der Waals surface area (Å²) in [6.45, 7) is 3.76. The zero-order valence-electron chi connectivity index (χ0n) is 16.1. The van der Waals surface area contributed by atoms with Crippen LogP contribution >= 0.6 is 0 Å². The van der Waals surface area contributed by atoms with E-state index in [4.69, 9.17) is 4.74 Å². The number of hydrogen-bond donors (Lipinski definition) is 1. The van der Waals surface area contributed by atoms with Gasteiger partial charge in [-0.15, -0.1) is 5.73 Å². The molecule has 4 heteroatoms. The van der Waals surface area contributed by atoms with Crippen LogP contribution in [0.2, 0.25) is 0 Å². The van der Waals surface area contributed by atoms with Crippen molar-refractivity contribution in [3.8, 4) is 5.75 Å². The third-order valence-electron chi connectivity index (χ3n) is 5.29. The largest absolute Gasteiger partial charge is 0.497 e. The van der Waals surface area contributed by atoms with Crippen molar-refractivity contribution in [3.05, 3.63) is 108 Å². The van der Waals surface area contributed by atoms with Gasteiger partial charge in [-0.25, -0.2) is 0 Å². The van der Waals surface area contributed by atoms with Crippen LogP contribution in [0.1, 0.15) is 17.2 Å². The van der Waals surface area contributed by atoms with Crippen molar-refractivity contribution in [3.63, 3.8) is 0 Å². The molecule has 1 fully saturated rings. The second kappa shape index (κ2) is 7.44. The van der Waals surface area contributed by atoms with E-state index in [1.807, 2.05) is 72.8 Å². The zero-order chi connectivity index (χ0) is 20.4. The molecule has 144 valence electrons. The Morgan fingerprint density at radius 3 is 2.14 bits per heavy atom. The molecule has 1 heterocycles. The predicted molar refractivity (Wildman–Crippen MR) is 114 cm³/mol. The highest BCUT2D eigenvalue weighted by Gasteiger charge is 2.63. The molecule has 1 amide bonds. The van der Waals surface area contributed by atoms with Crippen LogP contribution < -0.4 is 9.64 Å². The summed E-state index contributed by atoms with van der Waals surface area (Å²) >= 11 is 0. The van der Waals surface area contributed by atoms with Crippen molar-refractivity contribution in [1.82, 2.24) is 0 Å². The third-order valence-corrected chi connectivity index (χ3v) is 5.29. The highest BCUT2D eigenvalue weighted by atomic mass is 16.5. The van der Waals surface area contributed by atoms with Gasteiger partial charge in [-0.1, -0.05) is 67.2 Å². The Labute approximate surface area is 170 Å². The van der Waals surface area contributed by atoms with E-state index in [1.54, 1.807) is 24.1 Å². The van der Waals surface area contributed by atoms with Gasteiger partial charge in [0.2, 0.25) is 5.60 Å². The lowest BCUT2D eigenvalue weighted by Gasteiger charge is -2.53. The molecule has 3 aromatic rings. The standard InChI is InChI=1S/C25H21NO3/c1-3-22(18-10-6-4-7-11-18)25(28)23(19-12-8-5-9-13-19)26(24(25)27)20-14-16-21(29-2)17-15-20/h4-17,23,28H,1H2,2H3/t23-,25+/m0/s1. The molecular weight excluding hydrogens is 362 g/mol. The highest BCUT2D eigenvalue weighted by molar-refractivity contribution is 6.16. The van der Waals surface area contributed by atoms with Gasteiger partial charge < -0.3 is 9.84 Å². The number of hydrogen-bond acceptors (Lipinski definition) is 3. The van der Waals surface area contributed by atoms with E-state index in [-0.39, 0.29) is 0 Å². The zero-order valence-corrected chi connectivity index (χ0v) is 16.1. The van der Waals surface area contributed by atoms with E-state index in [2.05, 4.69) is 12.3 Å². The molecule has 0 aliphatic carbocycles. The maximum Gasteiger partial charge on any atom is 0.267 e. The monoisotopic (exact) mass is 383 g/mol. The molecule has 4 rings (SSSR count). The lowest BCUT2D eigenvalue weighted by Crippen LogP contribution is -2.69. The van der Waals surface area contributed by atoms with Gasteiger partial charge >= 0.3 is 0 Å². The fourth-order valence-corrected chi connectivity index (χ4v) is 3.88. The first kappa shape index (κ1) is 18.8. The highest BCUT2D eigenvalue weighted by Crippen LogP contribution is 2.52. The maximum absolute atomic E-state index is 13.4. The predicted octanol–water partition coefficient (Wildman–Crippen LogP) is 4.38. The molecule has 29 heavy (non-hydrogen) atoms. The summed E-state index contributed by atoms with van der Waals surface area (Å²) in [4.78, 5) is 15.0. The Morgan fingerprint density at radius 2 is 1.59 bits per heavy atom. The van der Waals surface area contributed by atoms with Gasteiger partial charge in [0.15, 0.2) is 0 Å². The minimum atomic E-state index is -1.76. The maximum atomic E-state index is 13.4. The van der Waals surface area contributed by atoms with E-state index in [0.29, 0.717) is 22.6 Å². The average molecular weight is 383 g/mol. The SMILES string of the molecule is C=C=C(c1ccccc1)[C@]1(O)C(=O)N(c2ccc(OC)cc2)[C@H]1c1ccccc1. The topological polar surface area (TPSA) is 49.8 Å². The molecule has 0 spiro atoms. The number of nitrogens with zero attached hydrogens (tertiary/aromatic N) is 1. The van der Waals surface area contributed by atoms with Crippen molar-refractivity contribution in [1.29, 1.82) is 0 Å². The van der Waals surface area contributed by atoms with E-state index < -0.39 is 17.6 Å². The van der Waals surface area contributed by atoms with Gasteiger partial charge in [-0.2, -0.15) is 0 Å². The van der Waals surface area contributed by atoms with E-state index in [9.17, 15) is 9.90 Å². The second-order valence-electron chi connectivity index (χ2n) is 6.87. The van der Waals surface area contributed by atoms with Gasteiger partial charge in [-0.3, -0.25) is 9.69 Å². The van der Waals surface area contributed by atoms with Crippen LogP contribution in [0, 0.1) is 0 Å². The minimum absolute atomic E-state index is 0.377. The molecule has 0 radical (unpaired) electrons. The summed E-state index contributed by atoms with van der Waals surface area (Å²) in [5, 5.41) is 11.7. The summed E-state index contributed by atoms with van der Waals surface area (Å²) in [6, 6.07) is 25.4. The summed E-state index contributed by atoms with van der Waals surface area (Å²) in [5.41, 5.74) is 3.68. The number of carbonyl (C=O) groups is 1. The van der Waals surface area contributed by atoms with Gasteiger partial charge in [0.25, 0.3) is 5.91 Å². The van der Waals surface area contributed by atoms with Crippen LogP contribution in [0.3, 0.4) is 0 Å². The Kier molecular flexibility index (Phi) is 4.81. The van der Waals surface area contributed by atoms with Gasteiger partial charge in [-0.05, 0) is 35.4 Å². The fourth-order valence-electron chi connectivity index (χ4n) is 3.88. The number of anilines is 1. The molecule has 4 nitrogen and oxygen atoms in total. The molecule has 0 unspecified atom stereocenters. The number of aliphatic hydroxyl groups is 1. The lowest BCUT2D eigenvalue weighted by molar-refractivity contribution is -0.145. The van der Waals surface area contributed by atoms with Crippen LogP contribution in [0.15, 0.2) is 97.2 Å². The van der Waals surface area contributed by atoms with Crippen LogP contribution in [0.25, 0.3) is 5.57 Å². The molecule has 1 N–H and O–H groups in total. The number of methoxy groups -OCH3 is 1. The first-order chi connectivity index (χ1) is 14.1. The third kappa shape index (κ3) is 2.95. The van der Waals surface area contributed by atoms with Crippen LogP contribution in [-0.2, 0) is 4.79 Å². The Bertz CT molecular complexity index is 1070. The Hall–Kier alpha value is -3.59. The van der Waals surface area contributed by atoms with Crippen molar-refractivity contribution in [2.75, 3.05) is 12.0 Å². The van der Waals surface area contributed by atoms with Crippen molar-refractivity contribution >= 4 is 17.2 Å².